The predicted molar refractivity (Wildman–Crippen MR) is 146 cm³/mol. The lowest BCUT2D eigenvalue weighted by Crippen LogP contribution is -2.06. The number of pyridine rings is 2. The highest BCUT2D eigenvalue weighted by Crippen LogP contribution is 2.39. The fraction of sp³-hybridized carbons (Fsp3) is 0.308. The average Bonchev–Trinajstić information content (AvgIpc) is 2.84. The average molecular weight is 538 g/mol. The van der Waals surface area contributed by atoms with Crippen LogP contribution >= 0.6 is 24.8 Å². The Morgan fingerprint density at radius 3 is 2.08 bits per heavy atom. The molecule has 36 heavy (non-hydrogen) atoms. The molecule has 0 radical (unpaired) electrons. The van der Waals surface area contributed by atoms with Crippen LogP contribution in [0.15, 0.2) is 30.3 Å². The van der Waals surface area contributed by atoms with Gasteiger partial charge in [-0.2, -0.15) is 0 Å². The van der Waals surface area contributed by atoms with Gasteiger partial charge >= 0.3 is 0 Å². The van der Waals surface area contributed by atoms with E-state index in [0.717, 1.165) is 27.4 Å². The molecule has 4 rings (SSSR count). The van der Waals surface area contributed by atoms with Crippen molar-refractivity contribution in [2.24, 2.45) is 0 Å². The Bertz CT molecular complexity index is 1390. The van der Waals surface area contributed by atoms with E-state index in [1.54, 1.807) is 20.3 Å². The van der Waals surface area contributed by atoms with Crippen LogP contribution in [0.1, 0.15) is 30.7 Å². The van der Waals surface area contributed by atoms with Crippen LogP contribution < -0.4 is 19.5 Å². The van der Waals surface area contributed by atoms with Crippen LogP contribution in [0.3, 0.4) is 0 Å². The predicted octanol–water partition coefficient (Wildman–Crippen LogP) is 6.08. The van der Waals surface area contributed by atoms with E-state index in [0.29, 0.717) is 47.8 Å². The number of ether oxygens (including phenoxy) is 3. The lowest BCUT2D eigenvalue weighted by Gasteiger charge is -2.17. The maximum Gasteiger partial charge on any atom is 0.215 e. The fourth-order valence-corrected chi connectivity index (χ4v) is 4.21. The van der Waals surface area contributed by atoms with Crippen molar-refractivity contribution in [2.75, 3.05) is 33.2 Å². The van der Waals surface area contributed by atoms with E-state index < -0.39 is 5.82 Å². The number of hydrogen-bond acceptors (Lipinski definition) is 7. The number of anilines is 1. The topological polar surface area (TPSA) is 85.7 Å². The van der Waals surface area contributed by atoms with Crippen molar-refractivity contribution >= 4 is 52.3 Å². The van der Waals surface area contributed by atoms with Gasteiger partial charge in [-0.3, -0.25) is 0 Å². The molecule has 0 aliphatic heterocycles. The minimum absolute atomic E-state index is 0. The number of rotatable bonds is 8. The quantitative estimate of drug-likeness (QED) is 0.281. The van der Waals surface area contributed by atoms with E-state index in [4.69, 9.17) is 14.2 Å². The Morgan fingerprint density at radius 2 is 1.50 bits per heavy atom. The van der Waals surface area contributed by atoms with Crippen LogP contribution in [0.5, 0.6) is 23.1 Å². The second kappa shape index (κ2) is 12.1. The van der Waals surface area contributed by atoms with Crippen molar-refractivity contribution in [3.8, 4) is 23.1 Å². The van der Waals surface area contributed by atoms with E-state index in [-0.39, 0.29) is 36.4 Å². The molecule has 0 bridgehead atoms. The maximum absolute atomic E-state index is 14.3. The van der Waals surface area contributed by atoms with Crippen LogP contribution in [0.2, 0.25) is 0 Å². The largest absolute Gasteiger partial charge is 0.494 e. The molecule has 4 aromatic rings. The number of fused-ring (bicyclic) bond motifs is 2. The zero-order valence-corrected chi connectivity index (χ0v) is 22.4. The third kappa shape index (κ3) is 5.29. The molecule has 0 aliphatic carbocycles. The SMILES string of the molecule is CCNc1nc2cc(F)c(OC)cc2cc1Cc1c(O)nc(CC)c2cc(OC)c(OC)cc12.Cl.Cl. The smallest absolute Gasteiger partial charge is 0.215 e. The van der Waals surface area contributed by atoms with E-state index >= 15 is 0 Å². The van der Waals surface area contributed by atoms with Gasteiger partial charge in [0.1, 0.15) is 5.82 Å². The molecule has 194 valence electrons. The number of aromatic nitrogens is 2. The van der Waals surface area contributed by atoms with Crippen LogP contribution in [0.25, 0.3) is 21.7 Å². The van der Waals surface area contributed by atoms with Crippen molar-refractivity contribution in [3.05, 3.63) is 53.0 Å². The van der Waals surface area contributed by atoms with Gasteiger partial charge < -0.3 is 24.6 Å². The lowest BCUT2D eigenvalue weighted by atomic mass is 9.96. The summed E-state index contributed by atoms with van der Waals surface area (Å²) in [7, 11) is 4.59. The summed E-state index contributed by atoms with van der Waals surface area (Å²) in [6.07, 6.45) is 0.991. The van der Waals surface area contributed by atoms with E-state index in [1.165, 1.54) is 13.2 Å². The molecular weight excluding hydrogens is 508 g/mol. The molecule has 0 atom stereocenters. The van der Waals surface area contributed by atoms with Gasteiger partial charge in [-0.1, -0.05) is 6.92 Å². The zero-order chi connectivity index (χ0) is 24.4. The summed E-state index contributed by atoms with van der Waals surface area (Å²) >= 11 is 0. The normalized spacial score (nSPS) is 10.5. The Morgan fingerprint density at radius 1 is 0.861 bits per heavy atom. The number of aryl methyl sites for hydroxylation is 1. The standard InChI is InChI=1S/C26H28FN3O4.2ClH/c1-6-20-17-12-24(34-5)23(33-4)11-16(17)18(26(31)30-20)9-15-8-14-10-22(32-3)19(27)13-21(14)29-25(15)28-7-2;;/h8,10-13H,6-7,9H2,1-5H3,(H,28,29)(H,30,31);2*1H. The molecule has 2 N–H and O–H groups in total. The summed E-state index contributed by atoms with van der Waals surface area (Å²) in [5.41, 5.74) is 2.75. The van der Waals surface area contributed by atoms with Crippen molar-refractivity contribution in [1.29, 1.82) is 0 Å². The first kappa shape index (κ1) is 29.0. The van der Waals surface area contributed by atoms with Gasteiger partial charge in [-0.05, 0) is 48.6 Å². The molecule has 0 saturated carbocycles. The molecule has 0 spiro atoms. The summed E-state index contributed by atoms with van der Waals surface area (Å²) < 4.78 is 30.4. The number of methoxy groups -OCH3 is 3. The van der Waals surface area contributed by atoms with Gasteiger partial charge in [-0.25, -0.2) is 14.4 Å². The third-order valence-corrected chi connectivity index (χ3v) is 5.88. The Labute approximate surface area is 221 Å². The second-order valence-corrected chi connectivity index (χ2v) is 7.85. The molecule has 0 unspecified atom stereocenters. The third-order valence-electron chi connectivity index (χ3n) is 5.88. The number of halogens is 3. The van der Waals surface area contributed by atoms with Crippen molar-refractivity contribution in [3.63, 3.8) is 0 Å². The Balaban J connectivity index is 0.00000228. The number of aromatic hydroxyl groups is 1. The van der Waals surface area contributed by atoms with Gasteiger partial charge in [0.2, 0.25) is 5.88 Å². The molecule has 10 heteroatoms. The summed E-state index contributed by atoms with van der Waals surface area (Å²) in [6, 6.07) is 8.67. The molecule has 2 aromatic carbocycles. The van der Waals surface area contributed by atoms with Gasteiger partial charge in [-0.15, -0.1) is 24.8 Å². The Kier molecular flexibility index (Phi) is 9.78. The number of benzene rings is 2. The summed E-state index contributed by atoms with van der Waals surface area (Å²) in [5.74, 6) is 1.41. The highest BCUT2D eigenvalue weighted by molar-refractivity contribution is 5.92. The second-order valence-electron chi connectivity index (χ2n) is 7.85. The molecular formula is C26H30Cl2FN3O4. The first-order valence-corrected chi connectivity index (χ1v) is 11.1. The van der Waals surface area contributed by atoms with E-state index in [2.05, 4.69) is 15.3 Å². The molecule has 7 nitrogen and oxygen atoms in total. The van der Waals surface area contributed by atoms with Crippen molar-refractivity contribution in [1.82, 2.24) is 9.97 Å². The molecule has 0 saturated heterocycles. The molecule has 0 amide bonds. The minimum atomic E-state index is -0.471. The molecule has 2 aromatic heterocycles. The number of nitrogens with zero attached hydrogens (tertiary/aromatic N) is 2. The monoisotopic (exact) mass is 537 g/mol. The van der Waals surface area contributed by atoms with Gasteiger partial charge in [0.05, 0.1) is 32.5 Å². The number of hydrogen-bond donors (Lipinski definition) is 2. The molecule has 2 heterocycles. The van der Waals surface area contributed by atoms with Gasteiger partial charge in [0.25, 0.3) is 0 Å². The highest BCUT2D eigenvalue weighted by Gasteiger charge is 2.19. The minimum Gasteiger partial charge on any atom is -0.494 e. The highest BCUT2D eigenvalue weighted by atomic mass is 35.5. The summed E-state index contributed by atoms with van der Waals surface area (Å²) in [5, 5.41) is 16.6. The maximum atomic E-state index is 14.3. The van der Waals surface area contributed by atoms with Crippen molar-refractivity contribution in [2.45, 2.75) is 26.7 Å². The van der Waals surface area contributed by atoms with Crippen molar-refractivity contribution < 1.29 is 23.7 Å². The van der Waals surface area contributed by atoms with Crippen LogP contribution in [0, 0.1) is 5.82 Å². The van der Waals surface area contributed by atoms with Gasteiger partial charge in [0, 0.05) is 35.4 Å². The number of nitrogens with one attached hydrogen (secondary N) is 1. The van der Waals surface area contributed by atoms with E-state index in [9.17, 15) is 9.50 Å². The van der Waals surface area contributed by atoms with E-state index in [1.807, 2.05) is 32.0 Å². The summed E-state index contributed by atoms with van der Waals surface area (Å²) in [6.45, 7) is 4.58. The van der Waals surface area contributed by atoms with Gasteiger partial charge in [0.15, 0.2) is 23.1 Å². The first-order chi connectivity index (χ1) is 16.4. The molecule has 0 fully saturated rings. The summed E-state index contributed by atoms with van der Waals surface area (Å²) in [4.78, 5) is 9.12. The fourth-order valence-electron chi connectivity index (χ4n) is 4.21. The van der Waals surface area contributed by atoms with Crippen LogP contribution in [0.4, 0.5) is 10.2 Å². The van der Waals surface area contributed by atoms with Crippen LogP contribution in [-0.4, -0.2) is 42.9 Å². The Hall–Kier alpha value is -3.23. The molecule has 0 aliphatic rings. The zero-order valence-electron chi connectivity index (χ0n) is 20.8. The first-order valence-electron chi connectivity index (χ1n) is 11.1. The van der Waals surface area contributed by atoms with Crippen LogP contribution in [-0.2, 0) is 12.8 Å². The lowest BCUT2D eigenvalue weighted by molar-refractivity contribution is 0.355.